The van der Waals surface area contributed by atoms with Crippen molar-refractivity contribution >= 4 is 23.2 Å². The first-order valence-corrected chi connectivity index (χ1v) is 7.30. The largest absolute Gasteiger partial charge is 0.480 e. The molecule has 1 aromatic carbocycles. The fraction of sp³-hybridized carbons (Fsp3) is 0.267. The lowest BCUT2D eigenvalue weighted by molar-refractivity contribution is -0.139. The zero-order chi connectivity index (χ0) is 15.4. The number of carboxylic acids is 1. The van der Waals surface area contributed by atoms with Gasteiger partial charge >= 0.3 is 5.97 Å². The summed E-state index contributed by atoms with van der Waals surface area (Å²) >= 11 is 1.42. The summed E-state index contributed by atoms with van der Waals surface area (Å²) < 4.78 is 0. The van der Waals surface area contributed by atoms with Gasteiger partial charge in [-0.2, -0.15) is 0 Å². The number of amides is 1. The quantitative estimate of drug-likeness (QED) is 0.887. The van der Waals surface area contributed by atoms with E-state index in [1.165, 1.54) is 11.3 Å². The van der Waals surface area contributed by atoms with Gasteiger partial charge in [-0.1, -0.05) is 30.3 Å². The van der Waals surface area contributed by atoms with E-state index < -0.39 is 17.9 Å². The lowest BCUT2D eigenvalue weighted by atomic mass is 10.1. The van der Waals surface area contributed by atoms with E-state index in [9.17, 15) is 14.7 Å². The van der Waals surface area contributed by atoms with Crippen LogP contribution in [0.2, 0.25) is 0 Å². The van der Waals surface area contributed by atoms with Crippen LogP contribution >= 0.6 is 11.3 Å². The maximum Gasteiger partial charge on any atom is 0.326 e. The van der Waals surface area contributed by atoms with Crippen molar-refractivity contribution in [1.29, 1.82) is 0 Å². The lowest BCUT2D eigenvalue weighted by Gasteiger charge is -2.14. The molecule has 1 amide bonds. The van der Waals surface area contributed by atoms with Crippen LogP contribution in [-0.4, -0.2) is 28.0 Å². The number of aliphatic carboxylic acids is 1. The van der Waals surface area contributed by atoms with Crippen molar-refractivity contribution in [3.8, 4) is 0 Å². The molecule has 2 aromatic rings. The Bertz CT molecular complexity index is 652. The standard InChI is InChI=1S/C15H16N2O3S/c1-9-13(16-10(2)21-9)14(18)17-12(15(19)20)8-11-6-4-3-5-7-11/h3-7,12H,8H2,1-2H3,(H,17,18)(H,19,20). The Morgan fingerprint density at radius 1 is 1.29 bits per heavy atom. The Balaban J connectivity index is 2.11. The molecule has 0 aliphatic heterocycles. The second-order valence-electron chi connectivity index (χ2n) is 4.69. The van der Waals surface area contributed by atoms with Gasteiger partial charge in [-0.15, -0.1) is 11.3 Å². The SMILES string of the molecule is Cc1nc(C(=O)NC(Cc2ccccc2)C(=O)O)c(C)s1. The topological polar surface area (TPSA) is 79.3 Å². The lowest BCUT2D eigenvalue weighted by Crippen LogP contribution is -2.42. The molecular weight excluding hydrogens is 288 g/mol. The van der Waals surface area contributed by atoms with Crippen molar-refractivity contribution in [2.75, 3.05) is 0 Å². The normalized spacial score (nSPS) is 11.9. The van der Waals surface area contributed by atoms with Crippen molar-refractivity contribution in [2.45, 2.75) is 26.3 Å². The molecule has 1 atom stereocenters. The van der Waals surface area contributed by atoms with Gasteiger partial charge in [-0.25, -0.2) is 9.78 Å². The Labute approximate surface area is 126 Å². The maximum atomic E-state index is 12.2. The molecule has 0 bridgehead atoms. The number of aromatic nitrogens is 1. The number of benzene rings is 1. The summed E-state index contributed by atoms with van der Waals surface area (Å²) in [6.07, 6.45) is 0.240. The van der Waals surface area contributed by atoms with Crippen LogP contribution in [0.25, 0.3) is 0 Å². The van der Waals surface area contributed by atoms with Crippen molar-refractivity contribution in [3.63, 3.8) is 0 Å². The summed E-state index contributed by atoms with van der Waals surface area (Å²) in [6, 6.07) is 8.23. The molecular formula is C15H16N2O3S. The fourth-order valence-electron chi connectivity index (χ4n) is 2.02. The average molecular weight is 304 g/mol. The molecule has 0 fully saturated rings. The van der Waals surface area contributed by atoms with Gasteiger partial charge < -0.3 is 10.4 Å². The summed E-state index contributed by atoms with van der Waals surface area (Å²) in [4.78, 5) is 28.4. The van der Waals surface area contributed by atoms with Gasteiger partial charge in [0.25, 0.3) is 5.91 Å². The van der Waals surface area contributed by atoms with Gasteiger partial charge in [0, 0.05) is 11.3 Å². The molecule has 1 unspecified atom stereocenters. The molecule has 2 N–H and O–H groups in total. The highest BCUT2D eigenvalue weighted by Crippen LogP contribution is 2.16. The predicted molar refractivity (Wildman–Crippen MR) is 80.6 cm³/mol. The summed E-state index contributed by atoms with van der Waals surface area (Å²) in [5, 5.41) is 12.6. The summed E-state index contributed by atoms with van der Waals surface area (Å²) in [5.41, 5.74) is 1.16. The number of rotatable bonds is 5. The fourth-order valence-corrected chi connectivity index (χ4v) is 2.83. The van der Waals surface area contributed by atoms with E-state index in [2.05, 4.69) is 10.3 Å². The summed E-state index contributed by atoms with van der Waals surface area (Å²) in [5.74, 6) is -1.50. The molecule has 0 aliphatic rings. The van der Waals surface area contributed by atoms with Crippen LogP contribution < -0.4 is 5.32 Å². The second-order valence-corrected chi connectivity index (χ2v) is 6.10. The number of hydrogen-bond donors (Lipinski definition) is 2. The zero-order valence-electron chi connectivity index (χ0n) is 11.8. The average Bonchev–Trinajstić information content (AvgIpc) is 2.78. The van der Waals surface area contributed by atoms with Crippen LogP contribution in [0.4, 0.5) is 0 Å². The number of thiazole rings is 1. The highest BCUT2D eigenvalue weighted by atomic mass is 32.1. The molecule has 0 spiro atoms. The molecule has 1 aromatic heterocycles. The minimum Gasteiger partial charge on any atom is -0.480 e. The van der Waals surface area contributed by atoms with Crippen LogP contribution in [0, 0.1) is 13.8 Å². The van der Waals surface area contributed by atoms with Gasteiger partial charge in [0.05, 0.1) is 5.01 Å². The molecule has 21 heavy (non-hydrogen) atoms. The van der Waals surface area contributed by atoms with E-state index in [-0.39, 0.29) is 6.42 Å². The zero-order valence-corrected chi connectivity index (χ0v) is 12.6. The molecule has 0 saturated heterocycles. The molecule has 1 heterocycles. The number of aryl methyl sites for hydroxylation is 2. The number of nitrogens with zero attached hydrogens (tertiary/aromatic N) is 1. The third-order valence-electron chi connectivity index (χ3n) is 3.00. The minimum atomic E-state index is -1.06. The van der Waals surface area contributed by atoms with Gasteiger partial charge in [0.1, 0.15) is 11.7 Å². The number of carbonyl (C=O) groups excluding carboxylic acids is 1. The van der Waals surface area contributed by atoms with E-state index in [4.69, 9.17) is 0 Å². The third kappa shape index (κ3) is 3.88. The molecule has 0 aliphatic carbocycles. The van der Waals surface area contributed by atoms with Crippen molar-refractivity contribution < 1.29 is 14.7 Å². The van der Waals surface area contributed by atoms with Crippen LogP contribution in [-0.2, 0) is 11.2 Å². The second kappa shape index (κ2) is 6.49. The van der Waals surface area contributed by atoms with Crippen LogP contribution in [0.3, 0.4) is 0 Å². The highest BCUT2D eigenvalue weighted by molar-refractivity contribution is 7.11. The summed E-state index contributed by atoms with van der Waals surface area (Å²) in [7, 11) is 0. The predicted octanol–water partition coefficient (Wildman–Crippen LogP) is 2.19. The Morgan fingerprint density at radius 2 is 1.95 bits per heavy atom. The molecule has 2 rings (SSSR count). The van der Waals surface area contributed by atoms with E-state index in [0.717, 1.165) is 15.4 Å². The molecule has 0 radical (unpaired) electrons. The number of nitrogens with one attached hydrogen (secondary N) is 1. The van der Waals surface area contributed by atoms with Crippen molar-refractivity contribution in [1.82, 2.24) is 10.3 Å². The maximum absolute atomic E-state index is 12.2. The van der Waals surface area contributed by atoms with Crippen LogP contribution in [0.5, 0.6) is 0 Å². The minimum absolute atomic E-state index is 0.240. The molecule has 110 valence electrons. The van der Waals surface area contributed by atoms with Gasteiger partial charge in [-0.3, -0.25) is 4.79 Å². The molecule has 6 heteroatoms. The number of hydrogen-bond acceptors (Lipinski definition) is 4. The smallest absolute Gasteiger partial charge is 0.326 e. The van der Waals surface area contributed by atoms with Crippen molar-refractivity contribution in [3.05, 3.63) is 51.5 Å². The third-order valence-corrected chi connectivity index (χ3v) is 3.89. The van der Waals surface area contributed by atoms with Gasteiger partial charge in [0.15, 0.2) is 0 Å². The van der Waals surface area contributed by atoms with Gasteiger partial charge in [-0.05, 0) is 19.4 Å². The van der Waals surface area contributed by atoms with Gasteiger partial charge in [0.2, 0.25) is 0 Å². The van der Waals surface area contributed by atoms with E-state index in [1.807, 2.05) is 37.3 Å². The van der Waals surface area contributed by atoms with E-state index in [0.29, 0.717) is 5.69 Å². The van der Waals surface area contributed by atoms with Crippen molar-refractivity contribution in [2.24, 2.45) is 0 Å². The molecule has 5 nitrogen and oxygen atoms in total. The Kier molecular flexibility index (Phi) is 4.70. The van der Waals surface area contributed by atoms with Crippen LogP contribution in [0.1, 0.15) is 25.9 Å². The number of carbonyl (C=O) groups is 2. The Hall–Kier alpha value is -2.21. The highest BCUT2D eigenvalue weighted by Gasteiger charge is 2.23. The Morgan fingerprint density at radius 3 is 2.48 bits per heavy atom. The first kappa shape index (κ1) is 15.2. The molecule has 0 saturated carbocycles. The van der Waals surface area contributed by atoms with Crippen LogP contribution in [0.15, 0.2) is 30.3 Å². The van der Waals surface area contributed by atoms with E-state index >= 15 is 0 Å². The summed E-state index contributed by atoms with van der Waals surface area (Å²) in [6.45, 7) is 3.61. The monoisotopic (exact) mass is 304 g/mol. The van der Waals surface area contributed by atoms with E-state index in [1.54, 1.807) is 6.92 Å². The number of carboxylic acid groups (broad SMARTS) is 1. The first-order chi connectivity index (χ1) is 9.97. The first-order valence-electron chi connectivity index (χ1n) is 6.49.